The summed E-state index contributed by atoms with van der Waals surface area (Å²) in [5.41, 5.74) is 3.68. The van der Waals surface area contributed by atoms with E-state index < -0.39 is 11.7 Å². The van der Waals surface area contributed by atoms with Crippen LogP contribution in [0, 0.1) is 0 Å². The van der Waals surface area contributed by atoms with E-state index in [4.69, 9.17) is 18.6 Å². The van der Waals surface area contributed by atoms with Crippen LogP contribution in [0.2, 0.25) is 0 Å². The van der Waals surface area contributed by atoms with Crippen molar-refractivity contribution in [2.45, 2.75) is 52.9 Å². The van der Waals surface area contributed by atoms with E-state index in [1.54, 1.807) is 6.92 Å². The first kappa shape index (κ1) is 26.8. The normalized spacial score (nSPS) is 11.3. The number of alkyl carbamates (subject to hydrolysis) is 1. The van der Waals surface area contributed by atoms with Gasteiger partial charge in [0, 0.05) is 28.6 Å². The molecule has 0 radical (unpaired) electrons. The number of esters is 1. The predicted molar refractivity (Wildman–Crippen MR) is 146 cm³/mol. The number of carbonyl (C=O) groups excluding carboxylic acids is 2. The molecule has 198 valence electrons. The Balaban J connectivity index is 1.49. The summed E-state index contributed by atoms with van der Waals surface area (Å²) in [4.78, 5) is 24.0. The van der Waals surface area contributed by atoms with Crippen molar-refractivity contribution in [3.63, 3.8) is 0 Å². The first-order chi connectivity index (χ1) is 18.2. The van der Waals surface area contributed by atoms with E-state index in [9.17, 15) is 9.59 Å². The van der Waals surface area contributed by atoms with Gasteiger partial charge in [0.05, 0.1) is 13.0 Å². The number of carbonyl (C=O) groups is 2. The predicted octanol–water partition coefficient (Wildman–Crippen LogP) is 6.81. The Morgan fingerprint density at radius 3 is 2.47 bits per heavy atom. The summed E-state index contributed by atoms with van der Waals surface area (Å²) in [5, 5.41) is 3.74. The van der Waals surface area contributed by atoms with Gasteiger partial charge >= 0.3 is 12.1 Å². The molecule has 0 aliphatic rings. The lowest BCUT2D eigenvalue weighted by Gasteiger charge is -2.19. The molecule has 1 N–H and O–H groups in total. The van der Waals surface area contributed by atoms with Crippen molar-refractivity contribution in [3.8, 4) is 17.1 Å². The third-order valence-electron chi connectivity index (χ3n) is 5.67. The maximum absolute atomic E-state index is 12.0. The van der Waals surface area contributed by atoms with E-state index >= 15 is 0 Å². The van der Waals surface area contributed by atoms with Gasteiger partial charge in [-0.2, -0.15) is 0 Å². The minimum atomic E-state index is -0.551. The Morgan fingerprint density at radius 2 is 1.68 bits per heavy atom. The van der Waals surface area contributed by atoms with E-state index in [1.165, 1.54) is 0 Å². The number of rotatable bonds is 9. The van der Waals surface area contributed by atoms with Gasteiger partial charge in [-0.3, -0.25) is 4.79 Å². The molecule has 0 saturated heterocycles. The van der Waals surface area contributed by atoms with Gasteiger partial charge in [-0.05, 0) is 51.5 Å². The molecule has 1 amide bonds. The Bertz CT molecular complexity index is 1420. The standard InChI is InChI=1S/C31H33NO6/c1-5-35-28(33)18-23-11-6-7-15-26(23)36-20-25-14-9-13-24-17-27(37-29(24)25)22-12-8-10-21(16-22)19-32-30(34)38-31(2,3)4/h6-17H,5,18-20H2,1-4H3,(H,32,34). The summed E-state index contributed by atoms with van der Waals surface area (Å²) >= 11 is 0. The molecular formula is C31H33NO6. The molecule has 4 rings (SSSR count). The molecular weight excluding hydrogens is 482 g/mol. The van der Waals surface area contributed by atoms with E-state index in [-0.39, 0.29) is 19.0 Å². The molecule has 0 spiro atoms. The molecule has 0 saturated carbocycles. The monoisotopic (exact) mass is 515 g/mol. The summed E-state index contributed by atoms with van der Waals surface area (Å²) in [6, 6.07) is 23.2. The maximum Gasteiger partial charge on any atom is 0.407 e. The molecule has 0 bridgehead atoms. The number of ether oxygens (including phenoxy) is 3. The molecule has 1 aromatic heterocycles. The van der Waals surface area contributed by atoms with Gasteiger partial charge in [-0.25, -0.2) is 4.79 Å². The summed E-state index contributed by atoms with van der Waals surface area (Å²) in [6.45, 7) is 8.24. The summed E-state index contributed by atoms with van der Waals surface area (Å²) < 4.78 is 22.8. The molecule has 7 nitrogen and oxygen atoms in total. The topological polar surface area (TPSA) is 87.0 Å². The number of benzene rings is 3. The van der Waals surface area contributed by atoms with E-state index in [1.807, 2.05) is 93.6 Å². The zero-order chi connectivity index (χ0) is 27.1. The van der Waals surface area contributed by atoms with Crippen molar-refractivity contribution in [2.75, 3.05) is 6.61 Å². The molecule has 0 unspecified atom stereocenters. The van der Waals surface area contributed by atoms with Crippen LogP contribution in [0.4, 0.5) is 4.79 Å². The van der Waals surface area contributed by atoms with Gasteiger partial charge < -0.3 is 23.9 Å². The second kappa shape index (κ2) is 11.9. The van der Waals surface area contributed by atoms with Crippen LogP contribution in [0.5, 0.6) is 5.75 Å². The largest absolute Gasteiger partial charge is 0.488 e. The third-order valence-corrected chi connectivity index (χ3v) is 5.67. The Hall–Kier alpha value is -4.26. The highest BCUT2D eigenvalue weighted by Crippen LogP contribution is 2.31. The SMILES string of the molecule is CCOC(=O)Cc1ccccc1OCc1cccc2cc(-c3cccc(CNC(=O)OC(C)(C)C)c3)oc12. The van der Waals surface area contributed by atoms with Gasteiger partial charge in [-0.1, -0.05) is 54.6 Å². The molecule has 0 atom stereocenters. The molecule has 0 aliphatic heterocycles. The van der Waals surface area contributed by atoms with Gasteiger partial charge in [-0.15, -0.1) is 0 Å². The van der Waals surface area contributed by atoms with Crippen molar-refractivity contribution >= 4 is 23.0 Å². The molecule has 4 aromatic rings. The second-order valence-electron chi connectivity index (χ2n) is 9.88. The number of hydrogen-bond donors (Lipinski definition) is 1. The fourth-order valence-electron chi connectivity index (χ4n) is 4.02. The van der Waals surface area contributed by atoms with Crippen LogP contribution in [0.25, 0.3) is 22.3 Å². The van der Waals surface area contributed by atoms with E-state index in [0.29, 0.717) is 24.7 Å². The van der Waals surface area contributed by atoms with Crippen LogP contribution in [-0.4, -0.2) is 24.3 Å². The molecule has 0 fully saturated rings. The Kier molecular flexibility index (Phi) is 8.36. The smallest absolute Gasteiger partial charge is 0.407 e. The Morgan fingerprint density at radius 1 is 0.921 bits per heavy atom. The lowest BCUT2D eigenvalue weighted by atomic mass is 10.1. The average Bonchev–Trinajstić information content (AvgIpc) is 3.32. The van der Waals surface area contributed by atoms with Crippen molar-refractivity contribution in [1.29, 1.82) is 0 Å². The number of amides is 1. The molecule has 7 heteroatoms. The third kappa shape index (κ3) is 7.16. The first-order valence-corrected chi connectivity index (χ1v) is 12.7. The lowest BCUT2D eigenvalue weighted by molar-refractivity contribution is -0.142. The maximum atomic E-state index is 12.0. The summed E-state index contributed by atoms with van der Waals surface area (Å²) in [7, 11) is 0. The van der Waals surface area contributed by atoms with Gasteiger partial charge in [0.2, 0.25) is 0 Å². The van der Waals surface area contributed by atoms with Crippen LogP contribution in [0.1, 0.15) is 44.4 Å². The van der Waals surface area contributed by atoms with Crippen LogP contribution in [-0.2, 0) is 33.8 Å². The number of nitrogens with one attached hydrogen (secondary N) is 1. The van der Waals surface area contributed by atoms with Crippen molar-refractivity contribution in [1.82, 2.24) is 5.32 Å². The molecule has 0 aliphatic carbocycles. The summed E-state index contributed by atoms with van der Waals surface area (Å²) in [5.74, 6) is 1.06. The zero-order valence-corrected chi connectivity index (χ0v) is 22.2. The van der Waals surface area contributed by atoms with E-state index in [0.717, 1.165) is 33.2 Å². The fourth-order valence-corrected chi connectivity index (χ4v) is 4.02. The highest BCUT2D eigenvalue weighted by molar-refractivity contribution is 5.85. The van der Waals surface area contributed by atoms with Crippen LogP contribution in [0.3, 0.4) is 0 Å². The van der Waals surface area contributed by atoms with Gasteiger partial charge in [0.1, 0.15) is 29.3 Å². The first-order valence-electron chi connectivity index (χ1n) is 12.7. The van der Waals surface area contributed by atoms with Crippen molar-refractivity contribution < 1.29 is 28.2 Å². The lowest BCUT2D eigenvalue weighted by Crippen LogP contribution is -2.32. The number of hydrogen-bond acceptors (Lipinski definition) is 6. The molecule has 1 heterocycles. The van der Waals surface area contributed by atoms with Gasteiger partial charge in [0.25, 0.3) is 0 Å². The van der Waals surface area contributed by atoms with Crippen molar-refractivity contribution in [2.24, 2.45) is 0 Å². The quantitative estimate of drug-likeness (QED) is 0.247. The zero-order valence-electron chi connectivity index (χ0n) is 22.2. The minimum absolute atomic E-state index is 0.151. The highest BCUT2D eigenvalue weighted by atomic mass is 16.6. The second-order valence-corrected chi connectivity index (χ2v) is 9.88. The van der Waals surface area contributed by atoms with Crippen LogP contribution < -0.4 is 10.1 Å². The molecule has 3 aromatic carbocycles. The highest BCUT2D eigenvalue weighted by Gasteiger charge is 2.16. The number of fused-ring (bicyclic) bond motifs is 1. The van der Waals surface area contributed by atoms with Crippen LogP contribution >= 0.6 is 0 Å². The number of furan rings is 1. The Labute approximate surface area is 222 Å². The minimum Gasteiger partial charge on any atom is -0.488 e. The summed E-state index contributed by atoms with van der Waals surface area (Å²) in [6.07, 6.45) is -0.307. The van der Waals surface area contributed by atoms with Crippen LogP contribution in [0.15, 0.2) is 77.2 Å². The van der Waals surface area contributed by atoms with Crippen molar-refractivity contribution in [3.05, 3.63) is 89.5 Å². The average molecular weight is 516 g/mol. The number of para-hydroxylation sites is 2. The van der Waals surface area contributed by atoms with E-state index in [2.05, 4.69) is 5.32 Å². The molecule has 38 heavy (non-hydrogen) atoms. The fraction of sp³-hybridized carbons (Fsp3) is 0.290. The van der Waals surface area contributed by atoms with Gasteiger partial charge in [0.15, 0.2) is 0 Å².